The summed E-state index contributed by atoms with van der Waals surface area (Å²) >= 11 is 0. The van der Waals surface area contributed by atoms with Crippen LogP contribution in [0.2, 0.25) is 0 Å². The number of benzene rings is 2. The number of amides is 1. The maximum absolute atomic E-state index is 12.9. The lowest BCUT2D eigenvalue weighted by Crippen LogP contribution is -2.28. The number of nitro groups is 1. The van der Waals surface area contributed by atoms with Crippen LogP contribution >= 0.6 is 0 Å². The SMILES string of the molecule is COc1ccc([N+](=O)[O-])cc1NC(=O)CCNS(=O)(=O)c1ccc(F)cc1. The van der Waals surface area contributed by atoms with Crippen LogP contribution in [0.4, 0.5) is 15.8 Å². The Morgan fingerprint density at radius 1 is 1.22 bits per heavy atom. The number of non-ortho nitro benzene ring substituents is 1. The number of rotatable bonds is 8. The highest BCUT2D eigenvalue weighted by Gasteiger charge is 2.16. The lowest BCUT2D eigenvalue weighted by atomic mass is 10.2. The molecule has 2 N–H and O–H groups in total. The van der Waals surface area contributed by atoms with Gasteiger partial charge in [-0.25, -0.2) is 17.5 Å². The van der Waals surface area contributed by atoms with E-state index in [1.54, 1.807) is 0 Å². The van der Waals surface area contributed by atoms with Crippen LogP contribution in [0.5, 0.6) is 5.75 Å². The van der Waals surface area contributed by atoms with E-state index in [0.717, 1.165) is 30.3 Å². The molecule has 27 heavy (non-hydrogen) atoms. The van der Waals surface area contributed by atoms with Crippen molar-refractivity contribution < 1.29 is 27.3 Å². The van der Waals surface area contributed by atoms with Crippen molar-refractivity contribution in [3.8, 4) is 5.75 Å². The van der Waals surface area contributed by atoms with Gasteiger partial charge < -0.3 is 10.1 Å². The minimum atomic E-state index is -3.89. The molecule has 0 aliphatic carbocycles. The van der Waals surface area contributed by atoms with Crippen LogP contribution in [0.3, 0.4) is 0 Å². The van der Waals surface area contributed by atoms with Crippen molar-refractivity contribution in [1.82, 2.24) is 4.72 Å². The first-order chi connectivity index (χ1) is 12.7. The van der Waals surface area contributed by atoms with Crippen LogP contribution in [0, 0.1) is 15.9 Å². The van der Waals surface area contributed by atoms with E-state index in [4.69, 9.17) is 4.74 Å². The summed E-state index contributed by atoms with van der Waals surface area (Å²) in [5.41, 5.74) is -0.138. The highest BCUT2D eigenvalue weighted by molar-refractivity contribution is 7.89. The molecule has 0 unspecified atom stereocenters. The van der Waals surface area contributed by atoms with Gasteiger partial charge in [0.1, 0.15) is 11.6 Å². The van der Waals surface area contributed by atoms with E-state index in [0.29, 0.717) is 0 Å². The quantitative estimate of drug-likeness (QED) is 0.518. The van der Waals surface area contributed by atoms with Crippen molar-refractivity contribution in [3.63, 3.8) is 0 Å². The van der Waals surface area contributed by atoms with E-state index in [1.165, 1.54) is 19.2 Å². The van der Waals surface area contributed by atoms with Crippen molar-refractivity contribution in [2.45, 2.75) is 11.3 Å². The standard InChI is InChI=1S/C16H16FN3O6S/c1-26-15-7-4-12(20(22)23)10-14(15)19-16(21)8-9-18-27(24,25)13-5-2-11(17)3-6-13/h2-7,10,18H,8-9H2,1H3,(H,19,21). The van der Waals surface area contributed by atoms with Crippen molar-refractivity contribution in [2.75, 3.05) is 19.0 Å². The average Bonchev–Trinajstić information content (AvgIpc) is 2.61. The molecule has 0 saturated carbocycles. The third-order valence-corrected chi connectivity index (χ3v) is 4.91. The molecule has 2 aromatic carbocycles. The van der Waals surface area contributed by atoms with E-state index in [-0.39, 0.29) is 35.0 Å². The normalized spacial score (nSPS) is 11.0. The Kier molecular flexibility index (Phi) is 6.42. The fraction of sp³-hybridized carbons (Fsp3) is 0.188. The monoisotopic (exact) mass is 397 g/mol. The number of methoxy groups -OCH3 is 1. The minimum absolute atomic E-state index is 0.0955. The van der Waals surface area contributed by atoms with Crippen molar-refractivity contribution >= 4 is 27.3 Å². The van der Waals surface area contributed by atoms with Gasteiger partial charge in [0.15, 0.2) is 0 Å². The summed E-state index contributed by atoms with van der Waals surface area (Å²) < 4.78 is 44.2. The van der Waals surface area contributed by atoms with Gasteiger partial charge >= 0.3 is 0 Å². The van der Waals surface area contributed by atoms with Crippen LogP contribution in [0.15, 0.2) is 47.4 Å². The second kappa shape index (κ2) is 8.56. The van der Waals surface area contributed by atoms with Gasteiger partial charge in [-0.05, 0) is 30.3 Å². The minimum Gasteiger partial charge on any atom is -0.495 e. The summed E-state index contributed by atoms with van der Waals surface area (Å²) in [4.78, 5) is 22.1. The summed E-state index contributed by atoms with van der Waals surface area (Å²) in [5, 5.41) is 13.3. The van der Waals surface area contributed by atoms with Crippen molar-refractivity contribution in [3.05, 3.63) is 58.4 Å². The summed E-state index contributed by atoms with van der Waals surface area (Å²) in [6, 6.07) is 7.93. The van der Waals surface area contributed by atoms with E-state index in [9.17, 15) is 27.7 Å². The number of hydrogen-bond acceptors (Lipinski definition) is 6. The van der Waals surface area contributed by atoms with Crippen LogP contribution in [-0.4, -0.2) is 32.9 Å². The Hall–Kier alpha value is -3.05. The predicted molar refractivity (Wildman–Crippen MR) is 94.5 cm³/mol. The molecule has 0 fully saturated rings. The van der Waals surface area contributed by atoms with Gasteiger partial charge in [-0.3, -0.25) is 14.9 Å². The van der Waals surface area contributed by atoms with Crippen LogP contribution in [-0.2, 0) is 14.8 Å². The molecule has 9 nitrogen and oxygen atoms in total. The van der Waals surface area contributed by atoms with Crippen LogP contribution in [0.25, 0.3) is 0 Å². The zero-order valence-corrected chi connectivity index (χ0v) is 15.0. The molecule has 2 aromatic rings. The van der Waals surface area contributed by atoms with Crippen LogP contribution in [0.1, 0.15) is 6.42 Å². The largest absolute Gasteiger partial charge is 0.495 e. The van der Waals surface area contributed by atoms with E-state index >= 15 is 0 Å². The highest BCUT2D eigenvalue weighted by atomic mass is 32.2. The molecule has 0 aliphatic rings. The Balaban J connectivity index is 1.97. The number of hydrogen-bond donors (Lipinski definition) is 2. The number of carbonyl (C=O) groups is 1. The Labute approximate surface area is 154 Å². The molecule has 0 bridgehead atoms. The Morgan fingerprint density at radius 2 is 1.89 bits per heavy atom. The first-order valence-corrected chi connectivity index (χ1v) is 9.09. The summed E-state index contributed by atoms with van der Waals surface area (Å²) in [5.74, 6) is -0.921. The molecule has 2 rings (SSSR count). The molecule has 0 radical (unpaired) electrons. The number of halogens is 1. The molecule has 11 heteroatoms. The van der Waals surface area contributed by atoms with E-state index < -0.39 is 26.7 Å². The van der Waals surface area contributed by atoms with Crippen LogP contribution < -0.4 is 14.8 Å². The maximum Gasteiger partial charge on any atom is 0.271 e. The zero-order valence-electron chi connectivity index (χ0n) is 14.1. The fourth-order valence-corrected chi connectivity index (χ4v) is 3.15. The Morgan fingerprint density at radius 3 is 2.48 bits per heavy atom. The lowest BCUT2D eigenvalue weighted by Gasteiger charge is -2.10. The third-order valence-electron chi connectivity index (χ3n) is 3.44. The first kappa shape index (κ1) is 20.3. The summed E-state index contributed by atoms with van der Waals surface area (Å²) in [6.45, 7) is -0.219. The summed E-state index contributed by atoms with van der Waals surface area (Å²) in [7, 11) is -2.55. The topological polar surface area (TPSA) is 128 Å². The number of sulfonamides is 1. The Bertz CT molecular complexity index is 947. The molecule has 0 spiro atoms. The van der Waals surface area contributed by atoms with Gasteiger partial charge in [0.05, 0.1) is 22.6 Å². The predicted octanol–water partition coefficient (Wildman–Crippen LogP) is 2.05. The number of anilines is 1. The zero-order chi connectivity index (χ0) is 20.0. The number of nitro benzene ring substituents is 1. The molecule has 0 atom stereocenters. The summed E-state index contributed by atoms with van der Waals surface area (Å²) in [6.07, 6.45) is -0.230. The van der Waals surface area contributed by atoms with E-state index in [1.807, 2.05) is 0 Å². The number of nitrogens with one attached hydrogen (secondary N) is 2. The molecule has 0 aromatic heterocycles. The van der Waals surface area contributed by atoms with Crippen molar-refractivity contribution in [2.24, 2.45) is 0 Å². The van der Waals surface area contributed by atoms with Gasteiger partial charge in [-0.2, -0.15) is 0 Å². The van der Waals surface area contributed by atoms with Gasteiger partial charge in [0.2, 0.25) is 15.9 Å². The van der Waals surface area contributed by atoms with Gasteiger partial charge in [0, 0.05) is 25.1 Å². The molecule has 1 amide bonds. The number of carbonyl (C=O) groups excluding carboxylic acids is 1. The average molecular weight is 397 g/mol. The lowest BCUT2D eigenvalue weighted by molar-refractivity contribution is -0.384. The maximum atomic E-state index is 12.9. The third kappa shape index (κ3) is 5.46. The first-order valence-electron chi connectivity index (χ1n) is 7.60. The van der Waals surface area contributed by atoms with E-state index in [2.05, 4.69) is 10.0 Å². The van der Waals surface area contributed by atoms with Crippen molar-refractivity contribution in [1.29, 1.82) is 0 Å². The van der Waals surface area contributed by atoms with Gasteiger partial charge in [-0.15, -0.1) is 0 Å². The molecule has 0 heterocycles. The molecular formula is C16H16FN3O6S. The molecule has 0 aliphatic heterocycles. The molecular weight excluding hydrogens is 381 g/mol. The smallest absolute Gasteiger partial charge is 0.271 e. The van der Waals surface area contributed by atoms with Gasteiger partial charge in [0.25, 0.3) is 5.69 Å². The second-order valence-electron chi connectivity index (χ2n) is 5.29. The number of ether oxygens (including phenoxy) is 1. The fourth-order valence-electron chi connectivity index (χ4n) is 2.12. The molecule has 0 saturated heterocycles. The van der Waals surface area contributed by atoms with Gasteiger partial charge in [-0.1, -0.05) is 0 Å². The number of nitrogens with zero attached hydrogens (tertiary/aromatic N) is 1. The molecule has 144 valence electrons. The second-order valence-corrected chi connectivity index (χ2v) is 7.06. The highest BCUT2D eigenvalue weighted by Crippen LogP contribution is 2.28.